The van der Waals surface area contributed by atoms with Crippen molar-refractivity contribution in [2.75, 3.05) is 0 Å². The quantitative estimate of drug-likeness (QED) is 0.869. The van der Waals surface area contributed by atoms with E-state index in [9.17, 15) is 5.11 Å². The highest BCUT2D eigenvalue weighted by atomic mass is 16.3. The maximum absolute atomic E-state index is 10.0. The first-order chi connectivity index (χ1) is 8.29. The van der Waals surface area contributed by atoms with Crippen LogP contribution in [0.1, 0.15) is 22.8 Å². The Hall–Kier alpha value is -2.18. The first-order valence-electron chi connectivity index (χ1n) is 5.36. The minimum atomic E-state index is -0.563. The molecule has 0 spiro atoms. The van der Waals surface area contributed by atoms with E-state index in [0.717, 1.165) is 11.1 Å². The zero-order valence-corrected chi connectivity index (χ0v) is 9.24. The number of pyridine rings is 1. The minimum absolute atomic E-state index is 0.528. The van der Waals surface area contributed by atoms with Crippen LogP contribution in [0.2, 0.25) is 0 Å². The zero-order chi connectivity index (χ0) is 12.1. The Labute approximate surface area is 100.0 Å². The summed E-state index contributed by atoms with van der Waals surface area (Å²) in [6, 6.07) is 12.8. The molecule has 0 aliphatic heterocycles. The summed E-state index contributed by atoms with van der Waals surface area (Å²) in [5.41, 5.74) is 2.40. The average molecular weight is 224 g/mol. The van der Waals surface area contributed by atoms with Gasteiger partial charge in [0.25, 0.3) is 0 Å². The summed E-state index contributed by atoms with van der Waals surface area (Å²) in [4.78, 5) is 4.00. The third-order valence-corrected chi connectivity index (χ3v) is 2.58. The van der Waals surface area contributed by atoms with Gasteiger partial charge in [0.2, 0.25) is 0 Å². The SMILES string of the molecule is N#Cc1ccc(C(O)Cc2cccnc2)cc1. The number of aliphatic hydroxyl groups excluding tert-OH is 1. The van der Waals surface area contributed by atoms with E-state index in [0.29, 0.717) is 12.0 Å². The van der Waals surface area contributed by atoms with Gasteiger partial charge in [-0.15, -0.1) is 0 Å². The smallest absolute Gasteiger partial charge is 0.0991 e. The Bertz CT molecular complexity index is 514. The van der Waals surface area contributed by atoms with E-state index in [1.165, 1.54) is 0 Å². The normalized spacial score (nSPS) is 11.8. The molecule has 0 radical (unpaired) electrons. The van der Waals surface area contributed by atoms with Crippen LogP contribution in [-0.4, -0.2) is 10.1 Å². The lowest BCUT2D eigenvalue weighted by Crippen LogP contribution is -2.01. The molecule has 1 aromatic heterocycles. The molecule has 0 fully saturated rings. The van der Waals surface area contributed by atoms with Gasteiger partial charge in [-0.25, -0.2) is 0 Å². The van der Waals surface area contributed by atoms with Gasteiger partial charge in [0.05, 0.1) is 17.7 Å². The van der Waals surface area contributed by atoms with Gasteiger partial charge in [-0.3, -0.25) is 4.98 Å². The fraction of sp³-hybridized carbons (Fsp3) is 0.143. The molecule has 0 saturated heterocycles. The van der Waals surface area contributed by atoms with E-state index < -0.39 is 6.10 Å². The summed E-state index contributed by atoms with van der Waals surface area (Å²) in [5.74, 6) is 0. The molecule has 0 saturated carbocycles. The zero-order valence-electron chi connectivity index (χ0n) is 9.24. The first-order valence-corrected chi connectivity index (χ1v) is 5.36. The van der Waals surface area contributed by atoms with Gasteiger partial charge < -0.3 is 5.11 Å². The van der Waals surface area contributed by atoms with Crippen molar-refractivity contribution in [2.45, 2.75) is 12.5 Å². The second-order valence-corrected chi connectivity index (χ2v) is 3.82. The molecule has 3 heteroatoms. The van der Waals surface area contributed by atoms with Crippen molar-refractivity contribution in [2.24, 2.45) is 0 Å². The topological polar surface area (TPSA) is 56.9 Å². The summed E-state index contributed by atoms with van der Waals surface area (Å²) in [6.07, 6.45) is 3.41. The van der Waals surface area contributed by atoms with E-state index in [-0.39, 0.29) is 0 Å². The molecule has 0 bridgehead atoms. The maximum atomic E-state index is 10.0. The van der Waals surface area contributed by atoms with Crippen LogP contribution >= 0.6 is 0 Å². The fourth-order valence-corrected chi connectivity index (χ4v) is 1.64. The lowest BCUT2D eigenvalue weighted by molar-refractivity contribution is 0.178. The Morgan fingerprint density at radius 3 is 2.59 bits per heavy atom. The number of benzene rings is 1. The number of aromatic nitrogens is 1. The van der Waals surface area contributed by atoms with Crippen molar-refractivity contribution in [3.05, 3.63) is 65.5 Å². The van der Waals surface area contributed by atoms with E-state index >= 15 is 0 Å². The Morgan fingerprint density at radius 1 is 1.24 bits per heavy atom. The van der Waals surface area contributed by atoms with E-state index in [2.05, 4.69) is 11.1 Å². The summed E-state index contributed by atoms with van der Waals surface area (Å²) in [7, 11) is 0. The molecule has 1 unspecified atom stereocenters. The number of hydrogen-bond acceptors (Lipinski definition) is 3. The van der Waals surface area contributed by atoms with Crippen LogP contribution in [0, 0.1) is 11.3 Å². The van der Waals surface area contributed by atoms with Gasteiger partial charge in [0.15, 0.2) is 0 Å². The molecular weight excluding hydrogens is 212 g/mol. The van der Waals surface area contributed by atoms with Crippen LogP contribution in [0.3, 0.4) is 0 Å². The lowest BCUT2D eigenvalue weighted by atomic mass is 10.0. The van der Waals surface area contributed by atoms with Crippen molar-refractivity contribution < 1.29 is 5.11 Å². The van der Waals surface area contributed by atoms with Gasteiger partial charge in [-0.1, -0.05) is 18.2 Å². The highest BCUT2D eigenvalue weighted by Gasteiger charge is 2.08. The molecule has 1 heterocycles. The fourth-order valence-electron chi connectivity index (χ4n) is 1.64. The van der Waals surface area contributed by atoms with Crippen LogP contribution in [0.15, 0.2) is 48.8 Å². The van der Waals surface area contributed by atoms with Crippen molar-refractivity contribution in [1.29, 1.82) is 5.26 Å². The van der Waals surface area contributed by atoms with Gasteiger partial charge in [0.1, 0.15) is 0 Å². The van der Waals surface area contributed by atoms with Crippen molar-refractivity contribution in [3.8, 4) is 6.07 Å². The molecule has 2 aromatic rings. The molecule has 0 aliphatic rings. The molecule has 0 amide bonds. The highest BCUT2D eigenvalue weighted by molar-refractivity contribution is 5.32. The van der Waals surface area contributed by atoms with Crippen LogP contribution in [0.5, 0.6) is 0 Å². The maximum Gasteiger partial charge on any atom is 0.0991 e. The van der Waals surface area contributed by atoms with Gasteiger partial charge in [-0.2, -0.15) is 5.26 Å². The molecule has 2 rings (SSSR count). The van der Waals surface area contributed by atoms with Crippen LogP contribution in [0.25, 0.3) is 0 Å². The third kappa shape index (κ3) is 2.90. The van der Waals surface area contributed by atoms with Crippen LogP contribution < -0.4 is 0 Å². The second-order valence-electron chi connectivity index (χ2n) is 3.82. The Morgan fingerprint density at radius 2 is 2.00 bits per heavy atom. The summed E-state index contributed by atoms with van der Waals surface area (Å²) in [5, 5.41) is 18.7. The lowest BCUT2D eigenvalue weighted by Gasteiger charge is -2.10. The number of nitriles is 1. The molecule has 1 atom stereocenters. The minimum Gasteiger partial charge on any atom is -0.388 e. The van der Waals surface area contributed by atoms with Gasteiger partial charge in [-0.05, 0) is 29.3 Å². The van der Waals surface area contributed by atoms with E-state index in [1.807, 2.05) is 12.1 Å². The summed E-state index contributed by atoms with van der Waals surface area (Å²) >= 11 is 0. The van der Waals surface area contributed by atoms with Crippen molar-refractivity contribution in [1.82, 2.24) is 4.98 Å². The van der Waals surface area contributed by atoms with Crippen molar-refractivity contribution >= 4 is 0 Å². The Balaban J connectivity index is 2.10. The number of hydrogen-bond donors (Lipinski definition) is 1. The van der Waals surface area contributed by atoms with Crippen molar-refractivity contribution in [3.63, 3.8) is 0 Å². The summed E-state index contributed by atoms with van der Waals surface area (Å²) in [6.45, 7) is 0. The first kappa shape index (κ1) is 11.3. The predicted molar refractivity (Wildman–Crippen MR) is 64.1 cm³/mol. The largest absolute Gasteiger partial charge is 0.388 e. The summed E-state index contributed by atoms with van der Waals surface area (Å²) < 4.78 is 0. The van der Waals surface area contributed by atoms with Gasteiger partial charge >= 0.3 is 0 Å². The molecule has 84 valence electrons. The highest BCUT2D eigenvalue weighted by Crippen LogP contribution is 2.18. The molecule has 17 heavy (non-hydrogen) atoms. The molecule has 3 nitrogen and oxygen atoms in total. The second kappa shape index (κ2) is 5.24. The Kier molecular flexibility index (Phi) is 3.49. The van der Waals surface area contributed by atoms with E-state index in [1.54, 1.807) is 36.7 Å². The number of nitrogens with zero attached hydrogens (tertiary/aromatic N) is 2. The average Bonchev–Trinajstić information content (AvgIpc) is 2.40. The predicted octanol–water partition coefficient (Wildman–Crippen LogP) is 2.23. The molecule has 1 N–H and O–H groups in total. The van der Waals surface area contributed by atoms with E-state index in [4.69, 9.17) is 5.26 Å². The number of rotatable bonds is 3. The molecule has 0 aliphatic carbocycles. The van der Waals surface area contributed by atoms with Gasteiger partial charge in [0, 0.05) is 18.8 Å². The number of aliphatic hydroxyl groups is 1. The standard InChI is InChI=1S/C14H12N2O/c15-9-11-3-5-13(6-4-11)14(17)8-12-2-1-7-16-10-12/h1-7,10,14,17H,8H2. The molecular formula is C14H12N2O. The monoisotopic (exact) mass is 224 g/mol. The van der Waals surface area contributed by atoms with Crippen LogP contribution in [0.4, 0.5) is 0 Å². The molecule has 1 aromatic carbocycles. The third-order valence-electron chi connectivity index (χ3n) is 2.58. The van der Waals surface area contributed by atoms with Crippen LogP contribution in [-0.2, 0) is 6.42 Å².